The van der Waals surface area contributed by atoms with Gasteiger partial charge in [0, 0.05) is 102 Å². The number of H-pyrrole nitrogens is 2. The zero-order valence-electron chi connectivity index (χ0n) is 56.3. The van der Waals surface area contributed by atoms with Crippen molar-refractivity contribution in [3.8, 4) is 5.88 Å². The summed E-state index contributed by atoms with van der Waals surface area (Å²) in [6.45, 7) is -15.6. The highest BCUT2D eigenvalue weighted by Crippen LogP contribution is 2.25. The molecule has 0 amide bonds. The number of hydrogen-bond donors (Lipinski definition) is 4. The van der Waals surface area contributed by atoms with Crippen LogP contribution in [0.4, 0.5) is 5.95 Å². The molecule has 0 saturated carbocycles. The average molecular weight is 1200 g/mol. The molecule has 29 heteroatoms. The number of imidazole rings is 3. The SMILES string of the molecule is [2H]C([2H])(N)c1ccc(Cl)c(Cl)c1.[2H]C([2H])(N1CCOCC1)C([2H])([2H])n1cnc2nc(Cl)[nH]c(=O)c21.[2H]C([2H])(N1CCOCC1)C([2H])([2H])n1cnc2nc(Cl)nc(OC)c21.[2H]C([2H])(Nc1nc2ncn(C([2H])([2H])C([2H])([2H])N3CCOCC3)c2c(=O)[nH]1)c1ccc(Cl)c(Cl)c1. The van der Waals surface area contributed by atoms with Crippen LogP contribution in [-0.4, -0.2) is 179 Å². The van der Waals surface area contributed by atoms with E-state index in [1.807, 2.05) is 0 Å². The number of nitrogens with two attached hydrogens (primary N) is 1. The van der Waals surface area contributed by atoms with Crippen LogP contribution in [-0.2, 0) is 46.7 Å². The van der Waals surface area contributed by atoms with Crippen molar-refractivity contribution in [1.82, 2.24) is 73.3 Å². The minimum absolute atomic E-state index is 0.0316. The molecule has 23 nitrogen and oxygen atoms in total. The highest BCUT2D eigenvalue weighted by Gasteiger charge is 2.18. The Kier molecular flexibility index (Phi) is 14.8. The summed E-state index contributed by atoms with van der Waals surface area (Å²) in [5.41, 5.74) is 3.74. The smallest absolute Gasteiger partial charge is 0.278 e. The van der Waals surface area contributed by atoms with E-state index in [2.05, 4.69) is 50.2 Å². The lowest BCUT2D eigenvalue weighted by molar-refractivity contribution is 0.0364. The van der Waals surface area contributed by atoms with Gasteiger partial charge in [-0.1, -0.05) is 58.5 Å². The Balaban J connectivity index is 0.000000168. The lowest BCUT2D eigenvalue weighted by atomic mass is 10.2. The van der Waals surface area contributed by atoms with Gasteiger partial charge < -0.3 is 43.7 Å². The third kappa shape index (κ3) is 16.2. The molecule has 3 aliphatic rings. The Bertz CT molecular complexity index is 4090. The lowest BCUT2D eigenvalue weighted by Gasteiger charge is -2.26. The van der Waals surface area contributed by atoms with Crippen molar-refractivity contribution in [3.63, 3.8) is 0 Å². The molecule has 8 aromatic rings. The summed E-state index contributed by atoms with van der Waals surface area (Å²) in [6, 6.07) is 8.64. The first kappa shape index (κ1) is 40.0. The summed E-state index contributed by atoms with van der Waals surface area (Å²) in [4.78, 5) is 61.2. The number of methoxy groups -OCH3 is 1. The molecular weight excluding hydrogens is 1120 g/mol. The number of anilines is 1. The number of morpholine rings is 3. The Morgan fingerprint density at radius 1 is 0.584 bits per heavy atom. The molecule has 3 saturated heterocycles. The number of rotatable bonds is 14. The van der Waals surface area contributed by atoms with Gasteiger partial charge in [0.05, 0.1) is 96.8 Å². The number of hydrogen-bond acceptors (Lipinski definition) is 18. The molecule has 2 aromatic carbocycles. The topological polar surface area (TPSA) is 255 Å². The minimum atomic E-state index is -2.68. The van der Waals surface area contributed by atoms with E-state index in [-0.39, 0.29) is 111 Å². The third-order valence-corrected chi connectivity index (χ3v) is 12.5. The molecule has 9 heterocycles. The Morgan fingerprint density at radius 3 is 1.51 bits per heavy atom. The number of halogens is 6. The van der Waals surface area contributed by atoms with E-state index in [4.69, 9.17) is 116 Å². The van der Waals surface area contributed by atoms with Crippen molar-refractivity contribution in [3.05, 3.63) is 118 Å². The van der Waals surface area contributed by atoms with Gasteiger partial charge in [0.15, 0.2) is 33.5 Å². The normalized spacial score (nSPS) is 19.9. The lowest BCUT2D eigenvalue weighted by Crippen LogP contribution is -2.38. The molecule has 0 aliphatic carbocycles. The zero-order chi connectivity index (χ0) is 68.6. The number of nitrogens with zero attached hydrogens (tertiary/aromatic N) is 13. The first-order valence-corrected chi connectivity index (χ1v) is 25.1. The standard InChI is InChI=1S/C18H20Cl2N6O2.C12H16ClN5O2.C11H14ClN5O2.C7H7Cl2N/c19-13-2-1-12(9-14(13)20)10-21-18-23-16-15(17(27)24-18)26(11-22-16)4-3-25-5-7-28-8-6-25;1-19-11-9-10(15-12(13)16-11)14-8-18(9)3-2-17-4-6-20-7-5-17;12-11-14-9-8(10(18)15-11)17(7-13-9)2-1-16-3-5-19-6-4-16;8-6-2-1-5(4-10)3-7(6)9/h1-2,9,11H,3-8,10H2,(H2,21,23,24,27);8H,2-7H2,1H3;7H,1-6H2,(H,14,15,18);1-3H,4,10H2/i3D2,4D2,10D2;2D2,3D2;1D2,2D2;4D2. The monoisotopic (exact) mass is 1190 g/mol. The predicted molar refractivity (Wildman–Crippen MR) is 298 cm³/mol. The number of aryl methyl sites for hydroxylation is 3. The first-order chi connectivity index (χ1) is 43.3. The van der Waals surface area contributed by atoms with Crippen LogP contribution in [0.1, 0.15) is 33.1 Å². The number of aromatic amines is 2. The second-order valence-corrected chi connectivity index (χ2v) is 18.1. The van der Waals surface area contributed by atoms with Crippen molar-refractivity contribution >= 4 is 109 Å². The quantitative estimate of drug-likeness (QED) is 0.0946. The van der Waals surface area contributed by atoms with E-state index in [9.17, 15) is 9.59 Å². The Hall–Kier alpha value is -5.25. The van der Waals surface area contributed by atoms with Crippen LogP contribution in [0.3, 0.4) is 0 Å². The van der Waals surface area contributed by atoms with Crippen molar-refractivity contribution in [1.29, 1.82) is 0 Å². The van der Waals surface area contributed by atoms with Gasteiger partial charge in [-0.15, -0.1) is 0 Å². The fourth-order valence-electron chi connectivity index (χ4n) is 6.85. The molecule has 11 rings (SSSR count). The fourth-order valence-corrected chi connectivity index (χ4v) is 7.77. The van der Waals surface area contributed by atoms with E-state index in [1.165, 1.54) is 64.5 Å². The minimum Gasteiger partial charge on any atom is -0.479 e. The second-order valence-electron chi connectivity index (χ2n) is 15.8. The summed E-state index contributed by atoms with van der Waals surface area (Å²) < 4.78 is 155. The predicted octanol–water partition coefficient (Wildman–Crippen LogP) is 5.75. The van der Waals surface area contributed by atoms with E-state index in [0.29, 0.717) is 55.1 Å². The summed E-state index contributed by atoms with van der Waals surface area (Å²) >= 11 is 34.6. The Morgan fingerprint density at radius 2 is 1.03 bits per heavy atom. The van der Waals surface area contributed by atoms with Crippen molar-refractivity contribution < 1.29 is 40.9 Å². The zero-order valence-corrected chi connectivity index (χ0v) is 44.8. The van der Waals surface area contributed by atoms with Gasteiger partial charge in [-0.3, -0.25) is 34.3 Å². The van der Waals surface area contributed by atoms with E-state index in [1.54, 1.807) is 0 Å². The third-order valence-electron chi connectivity index (χ3n) is 10.7. The van der Waals surface area contributed by atoms with Gasteiger partial charge in [-0.05, 0) is 58.6 Å². The van der Waals surface area contributed by atoms with Crippen molar-refractivity contribution in [2.24, 2.45) is 5.73 Å². The summed E-state index contributed by atoms with van der Waals surface area (Å²) in [7, 11) is 1.36. The molecule has 6 aromatic heterocycles. The van der Waals surface area contributed by atoms with E-state index >= 15 is 0 Å². The van der Waals surface area contributed by atoms with Crippen LogP contribution in [0.2, 0.25) is 30.7 Å². The van der Waals surface area contributed by atoms with Crippen molar-refractivity contribution in [2.45, 2.75) is 32.5 Å². The maximum atomic E-state index is 12.9. The van der Waals surface area contributed by atoms with Gasteiger partial charge in [0.25, 0.3) is 11.1 Å². The van der Waals surface area contributed by atoms with E-state index in [0.717, 1.165) is 26.4 Å². The average Bonchev–Trinajstić information content (AvgIpc) is 1.71. The fraction of sp³-hybridized carbons (Fsp3) is 0.438. The maximum Gasteiger partial charge on any atom is 0.278 e. The number of ether oxygens (including phenoxy) is 4. The summed E-state index contributed by atoms with van der Waals surface area (Å²) in [5, 5.41) is 3.33. The van der Waals surface area contributed by atoms with Crippen LogP contribution < -0.4 is 26.9 Å². The molecule has 0 bridgehead atoms. The van der Waals surface area contributed by atoms with Crippen LogP contribution in [0.5, 0.6) is 5.88 Å². The number of nitrogens with one attached hydrogen (secondary N) is 3. The highest BCUT2D eigenvalue weighted by molar-refractivity contribution is 6.42. The van der Waals surface area contributed by atoms with Gasteiger partial charge >= 0.3 is 0 Å². The van der Waals surface area contributed by atoms with Gasteiger partial charge in [-0.2, -0.15) is 19.9 Å². The number of fused-ring (bicyclic) bond motifs is 3. The van der Waals surface area contributed by atoms with Crippen molar-refractivity contribution in [2.75, 3.05) is 111 Å². The largest absolute Gasteiger partial charge is 0.479 e. The number of benzene rings is 2. The summed E-state index contributed by atoms with van der Waals surface area (Å²) in [6.07, 6.45) is 3.24. The molecular formula is C48H57Cl6N17O6. The van der Waals surface area contributed by atoms with Gasteiger partial charge in [0.2, 0.25) is 22.4 Å². The van der Waals surface area contributed by atoms with Gasteiger partial charge in [-0.25, -0.2) is 15.0 Å². The Labute approximate surface area is 494 Å². The number of aromatic nitrogens is 12. The molecule has 3 aliphatic heterocycles. The maximum absolute atomic E-state index is 12.9. The highest BCUT2D eigenvalue weighted by atomic mass is 35.5. The molecule has 412 valence electrons. The van der Waals surface area contributed by atoms with Crippen LogP contribution >= 0.6 is 69.6 Å². The molecule has 77 heavy (non-hydrogen) atoms. The van der Waals surface area contributed by atoms with Gasteiger partial charge in [0.1, 0.15) is 0 Å². The molecule has 5 N–H and O–H groups in total. The van der Waals surface area contributed by atoms with E-state index < -0.39 is 63.1 Å². The van der Waals surface area contributed by atoms with Crippen LogP contribution in [0.25, 0.3) is 33.5 Å². The molecule has 0 spiro atoms. The molecule has 3 fully saturated rings. The summed E-state index contributed by atoms with van der Waals surface area (Å²) in [5.74, 6) is -0.222. The first-order valence-electron chi connectivity index (χ1n) is 30.8. The second kappa shape index (κ2) is 28.6. The van der Waals surface area contributed by atoms with Crippen LogP contribution in [0.15, 0.2) is 65.0 Å². The molecule has 0 atom stereocenters. The molecule has 0 unspecified atom stereocenters. The van der Waals surface area contributed by atoms with Crippen LogP contribution in [0, 0.1) is 0 Å². The molecule has 0 radical (unpaired) electrons.